The summed E-state index contributed by atoms with van der Waals surface area (Å²) in [6.45, 7) is 3.33. The Hall–Kier alpha value is -0.600. The zero-order chi connectivity index (χ0) is 9.30. The van der Waals surface area contributed by atoms with E-state index in [1.807, 2.05) is 0 Å². The summed E-state index contributed by atoms with van der Waals surface area (Å²) in [4.78, 5) is 0. The van der Waals surface area contributed by atoms with Crippen LogP contribution < -0.4 is 0 Å². The van der Waals surface area contributed by atoms with Gasteiger partial charge in [-0.25, -0.2) is 8.78 Å². The van der Waals surface area contributed by atoms with Crippen LogP contribution in [0.5, 0.6) is 0 Å². The lowest BCUT2D eigenvalue weighted by Crippen LogP contribution is -1.88. The fourth-order valence-electron chi connectivity index (χ4n) is 0.771. The first kappa shape index (κ1) is 9.49. The first-order chi connectivity index (χ1) is 5.57. The van der Waals surface area contributed by atoms with Gasteiger partial charge in [0.25, 0.3) is 0 Å². The first-order valence-corrected chi connectivity index (χ1v) is 3.79. The van der Waals surface area contributed by atoms with Crippen LogP contribution in [-0.4, -0.2) is 0 Å². The van der Waals surface area contributed by atoms with Crippen LogP contribution >= 0.6 is 23.2 Å². The summed E-state index contributed by atoms with van der Waals surface area (Å²) in [5.41, 5.74) is 0.0795. The molecule has 0 fully saturated rings. The van der Waals surface area contributed by atoms with Crippen LogP contribution in [-0.2, 0) is 0 Å². The summed E-state index contributed by atoms with van der Waals surface area (Å²) in [5, 5.41) is -0.423. The molecule has 0 saturated heterocycles. The maximum Gasteiger partial charge on any atom is 0.145 e. The van der Waals surface area contributed by atoms with Gasteiger partial charge in [-0.3, -0.25) is 0 Å². The highest BCUT2D eigenvalue weighted by atomic mass is 35.5. The Kier molecular flexibility index (Phi) is 2.70. The fourth-order valence-corrected chi connectivity index (χ4v) is 1.27. The second-order valence-corrected chi connectivity index (χ2v) is 2.84. The van der Waals surface area contributed by atoms with Crippen molar-refractivity contribution in [2.75, 3.05) is 0 Å². The minimum atomic E-state index is -0.839. The fraction of sp³-hybridized carbons (Fsp3) is 0. The first-order valence-electron chi connectivity index (χ1n) is 3.03. The molecule has 4 heteroatoms. The van der Waals surface area contributed by atoms with Crippen LogP contribution in [0.4, 0.5) is 8.78 Å². The number of hydrogen-bond acceptors (Lipinski definition) is 0. The molecule has 0 aromatic heterocycles. The van der Waals surface area contributed by atoms with Gasteiger partial charge in [0.05, 0.1) is 10.0 Å². The molecular weight excluding hydrogens is 205 g/mol. The van der Waals surface area contributed by atoms with Crippen molar-refractivity contribution in [3.05, 3.63) is 39.9 Å². The Morgan fingerprint density at radius 2 is 1.58 bits per heavy atom. The van der Waals surface area contributed by atoms with Crippen LogP contribution in [0.25, 0.3) is 6.08 Å². The SMILES string of the molecule is C=Cc1c(Cl)c(F)cc(F)c1Cl. The van der Waals surface area contributed by atoms with Gasteiger partial charge in [-0.1, -0.05) is 35.9 Å². The Morgan fingerprint density at radius 3 is 1.92 bits per heavy atom. The van der Waals surface area contributed by atoms with Gasteiger partial charge in [-0.15, -0.1) is 0 Å². The maximum atomic E-state index is 12.7. The monoisotopic (exact) mass is 208 g/mol. The molecule has 1 aromatic carbocycles. The highest BCUT2D eigenvalue weighted by Gasteiger charge is 2.12. The molecule has 0 N–H and O–H groups in total. The molecule has 1 aromatic rings. The molecule has 0 aliphatic heterocycles. The third-order valence-electron chi connectivity index (χ3n) is 1.35. The predicted octanol–water partition coefficient (Wildman–Crippen LogP) is 3.91. The molecule has 0 aliphatic rings. The van der Waals surface area contributed by atoms with E-state index < -0.39 is 11.6 Å². The van der Waals surface area contributed by atoms with Crippen molar-refractivity contribution < 1.29 is 8.78 Å². The van der Waals surface area contributed by atoms with Gasteiger partial charge in [0.1, 0.15) is 11.6 Å². The summed E-state index contributed by atoms with van der Waals surface area (Å²) >= 11 is 10.9. The molecule has 0 unspecified atom stereocenters. The van der Waals surface area contributed by atoms with E-state index in [1.165, 1.54) is 6.08 Å². The van der Waals surface area contributed by atoms with Crippen LogP contribution in [0.1, 0.15) is 5.56 Å². The molecule has 0 radical (unpaired) electrons. The summed E-state index contributed by atoms with van der Waals surface area (Å²) in [7, 11) is 0. The van der Waals surface area contributed by atoms with Gasteiger partial charge in [0.2, 0.25) is 0 Å². The molecule has 0 aliphatic carbocycles. The standard InChI is InChI=1S/C8H4Cl2F2/c1-2-4-7(9)5(11)3-6(12)8(4)10/h2-3H,1H2. The summed E-state index contributed by atoms with van der Waals surface area (Å²) in [6, 6.07) is 0.637. The van der Waals surface area contributed by atoms with E-state index in [9.17, 15) is 8.78 Å². The number of hydrogen-bond donors (Lipinski definition) is 0. The predicted molar refractivity (Wildman–Crippen MR) is 46.5 cm³/mol. The lowest BCUT2D eigenvalue weighted by atomic mass is 10.2. The quantitative estimate of drug-likeness (QED) is 0.615. The molecule has 0 spiro atoms. The van der Waals surface area contributed by atoms with Gasteiger partial charge in [0, 0.05) is 11.6 Å². The van der Waals surface area contributed by atoms with Crippen molar-refractivity contribution in [3.8, 4) is 0 Å². The smallest absolute Gasteiger partial charge is 0.145 e. The van der Waals surface area contributed by atoms with Crippen molar-refractivity contribution in [2.24, 2.45) is 0 Å². The van der Waals surface area contributed by atoms with Crippen molar-refractivity contribution in [1.29, 1.82) is 0 Å². The highest BCUT2D eigenvalue weighted by Crippen LogP contribution is 2.30. The number of rotatable bonds is 1. The minimum absolute atomic E-state index is 0.0795. The second kappa shape index (κ2) is 3.42. The maximum absolute atomic E-state index is 12.7. The van der Waals surface area contributed by atoms with E-state index in [0.29, 0.717) is 6.07 Å². The molecule has 1 rings (SSSR count). The van der Waals surface area contributed by atoms with Crippen molar-refractivity contribution >= 4 is 29.3 Å². The van der Waals surface area contributed by atoms with Gasteiger partial charge >= 0.3 is 0 Å². The number of halogens is 4. The molecule has 0 nitrogen and oxygen atoms in total. The normalized spacial score (nSPS) is 10.0. The summed E-state index contributed by atoms with van der Waals surface area (Å²) in [6.07, 6.45) is 1.21. The van der Waals surface area contributed by atoms with Crippen LogP contribution in [0.2, 0.25) is 10.0 Å². The molecule has 12 heavy (non-hydrogen) atoms. The second-order valence-electron chi connectivity index (χ2n) is 2.09. The zero-order valence-corrected chi connectivity index (χ0v) is 7.39. The van der Waals surface area contributed by atoms with Crippen molar-refractivity contribution in [2.45, 2.75) is 0 Å². The topological polar surface area (TPSA) is 0 Å². The van der Waals surface area contributed by atoms with Crippen LogP contribution in [0.3, 0.4) is 0 Å². The largest absolute Gasteiger partial charge is 0.205 e. The van der Waals surface area contributed by atoms with Crippen LogP contribution in [0.15, 0.2) is 12.6 Å². The Bertz CT molecular complexity index is 308. The molecule has 0 saturated carbocycles. The molecule has 0 heterocycles. The molecule has 0 atom stereocenters. The number of benzene rings is 1. The Morgan fingerprint density at radius 1 is 1.17 bits per heavy atom. The van der Waals surface area contributed by atoms with Gasteiger partial charge < -0.3 is 0 Å². The zero-order valence-electron chi connectivity index (χ0n) is 5.87. The van der Waals surface area contributed by atoms with Gasteiger partial charge in [-0.05, 0) is 0 Å². The summed E-state index contributed by atoms with van der Waals surface area (Å²) in [5.74, 6) is -1.68. The molecule has 0 bridgehead atoms. The third kappa shape index (κ3) is 1.45. The van der Waals surface area contributed by atoms with Crippen molar-refractivity contribution in [3.63, 3.8) is 0 Å². The minimum Gasteiger partial charge on any atom is -0.205 e. The van der Waals surface area contributed by atoms with Crippen LogP contribution in [0, 0.1) is 11.6 Å². The van der Waals surface area contributed by atoms with Gasteiger partial charge in [0.15, 0.2) is 0 Å². The third-order valence-corrected chi connectivity index (χ3v) is 2.12. The highest BCUT2D eigenvalue weighted by molar-refractivity contribution is 6.37. The molecular formula is C8H4Cl2F2. The van der Waals surface area contributed by atoms with Crippen molar-refractivity contribution in [1.82, 2.24) is 0 Å². The Balaban J connectivity index is 3.52. The lowest BCUT2D eigenvalue weighted by molar-refractivity contribution is 0.583. The van der Waals surface area contributed by atoms with E-state index in [0.717, 1.165) is 0 Å². The average molecular weight is 209 g/mol. The van der Waals surface area contributed by atoms with Gasteiger partial charge in [-0.2, -0.15) is 0 Å². The molecule has 0 amide bonds. The van der Waals surface area contributed by atoms with E-state index in [2.05, 4.69) is 6.58 Å². The van der Waals surface area contributed by atoms with E-state index in [1.54, 1.807) is 0 Å². The Labute approximate surface area is 78.4 Å². The summed E-state index contributed by atoms with van der Waals surface area (Å²) < 4.78 is 25.5. The van der Waals surface area contributed by atoms with E-state index in [4.69, 9.17) is 23.2 Å². The van der Waals surface area contributed by atoms with E-state index >= 15 is 0 Å². The lowest BCUT2D eigenvalue weighted by Gasteiger charge is -2.03. The van der Waals surface area contributed by atoms with E-state index in [-0.39, 0.29) is 15.6 Å². The molecule has 64 valence electrons. The average Bonchev–Trinajstić information content (AvgIpc) is 2.02.